The van der Waals surface area contributed by atoms with Crippen LogP contribution in [0.1, 0.15) is 48.7 Å². The van der Waals surface area contributed by atoms with E-state index in [-0.39, 0.29) is 35.2 Å². The van der Waals surface area contributed by atoms with Crippen LogP contribution in [0, 0.1) is 17.6 Å². The summed E-state index contributed by atoms with van der Waals surface area (Å²) in [5, 5.41) is 2.73. The van der Waals surface area contributed by atoms with E-state index in [1.165, 1.54) is 41.6 Å². The molecule has 1 amide bonds. The van der Waals surface area contributed by atoms with Crippen LogP contribution in [-0.4, -0.2) is 37.5 Å². The molecule has 9 heteroatoms. The molecule has 1 saturated heterocycles. The van der Waals surface area contributed by atoms with Crippen LogP contribution >= 0.6 is 0 Å². The highest BCUT2D eigenvalue weighted by atomic mass is 32.2. The lowest BCUT2D eigenvalue weighted by molar-refractivity contribution is -0.126. The van der Waals surface area contributed by atoms with E-state index < -0.39 is 33.6 Å². The number of nitrogens with one attached hydrogen (secondary N) is 1. The Morgan fingerprint density at radius 2 is 1.68 bits per heavy atom. The fourth-order valence-corrected chi connectivity index (χ4v) is 5.10. The highest BCUT2D eigenvalue weighted by molar-refractivity contribution is 7.89. The molecule has 1 aliphatic heterocycles. The van der Waals surface area contributed by atoms with Crippen LogP contribution in [0.15, 0.2) is 47.4 Å². The molecule has 31 heavy (non-hydrogen) atoms. The van der Waals surface area contributed by atoms with Crippen LogP contribution in [0.2, 0.25) is 0 Å². The standard InChI is InChI=1S/C22H24F2N2O4S/c1-14(20-8-5-18(23)13-21(20)24)25-22(28)17-9-11-26(12-10-17)31(29,30)19-6-3-16(4-7-19)15(2)27/h3-8,13-14,17H,9-12H2,1-2H3,(H,25,28). The van der Waals surface area contributed by atoms with Crippen molar-refractivity contribution in [2.24, 2.45) is 5.92 Å². The van der Waals surface area contributed by atoms with Crippen molar-refractivity contribution in [1.29, 1.82) is 0 Å². The number of amides is 1. The minimum atomic E-state index is -3.72. The van der Waals surface area contributed by atoms with Crippen LogP contribution in [0.25, 0.3) is 0 Å². The van der Waals surface area contributed by atoms with Gasteiger partial charge in [0.1, 0.15) is 11.6 Å². The van der Waals surface area contributed by atoms with Crippen LogP contribution in [0.5, 0.6) is 0 Å². The van der Waals surface area contributed by atoms with Crippen molar-refractivity contribution in [3.63, 3.8) is 0 Å². The first-order valence-electron chi connectivity index (χ1n) is 9.96. The van der Waals surface area contributed by atoms with Crippen molar-refractivity contribution in [3.05, 3.63) is 65.2 Å². The molecule has 2 aromatic carbocycles. The number of carbonyl (C=O) groups is 2. The van der Waals surface area contributed by atoms with Crippen LogP contribution < -0.4 is 5.32 Å². The van der Waals surface area contributed by atoms with Crippen molar-refractivity contribution in [2.75, 3.05) is 13.1 Å². The van der Waals surface area contributed by atoms with E-state index >= 15 is 0 Å². The minimum absolute atomic E-state index is 0.0980. The number of rotatable bonds is 6. The Morgan fingerprint density at radius 3 is 2.23 bits per heavy atom. The van der Waals surface area contributed by atoms with E-state index in [2.05, 4.69) is 5.32 Å². The van der Waals surface area contributed by atoms with Crippen molar-refractivity contribution >= 4 is 21.7 Å². The van der Waals surface area contributed by atoms with Crippen LogP contribution in [0.3, 0.4) is 0 Å². The average molecular weight is 451 g/mol. The number of benzene rings is 2. The van der Waals surface area contributed by atoms with E-state index in [9.17, 15) is 26.8 Å². The summed E-state index contributed by atoms with van der Waals surface area (Å²) in [5.41, 5.74) is 0.616. The molecule has 0 aromatic heterocycles. The number of nitrogens with zero attached hydrogens (tertiary/aromatic N) is 1. The third kappa shape index (κ3) is 5.16. The van der Waals surface area contributed by atoms with Gasteiger partial charge in [-0.3, -0.25) is 9.59 Å². The van der Waals surface area contributed by atoms with Gasteiger partial charge in [0.2, 0.25) is 15.9 Å². The summed E-state index contributed by atoms with van der Waals surface area (Å²) in [5.74, 6) is -2.27. The van der Waals surface area contributed by atoms with E-state index in [0.717, 1.165) is 12.1 Å². The second-order valence-electron chi connectivity index (χ2n) is 7.66. The number of hydrogen-bond acceptors (Lipinski definition) is 4. The Bertz CT molecular complexity index is 1080. The van der Waals surface area contributed by atoms with Gasteiger partial charge in [0.15, 0.2) is 5.78 Å². The number of ketones is 1. The molecule has 3 rings (SSSR count). The third-order valence-electron chi connectivity index (χ3n) is 5.51. The molecule has 1 atom stereocenters. The summed E-state index contributed by atoms with van der Waals surface area (Å²) in [4.78, 5) is 24.1. The number of carbonyl (C=O) groups excluding carboxylic acids is 2. The van der Waals surface area contributed by atoms with Crippen molar-refractivity contribution in [3.8, 4) is 0 Å². The first-order valence-corrected chi connectivity index (χ1v) is 11.4. The van der Waals surface area contributed by atoms with Gasteiger partial charge in [-0.1, -0.05) is 18.2 Å². The predicted molar refractivity (Wildman–Crippen MR) is 111 cm³/mol. The van der Waals surface area contributed by atoms with Gasteiger partial charge in [-0.05, 0) is 44.9 Å². The summed E-state index contributed by atoms with van der Waals surface area (Å²) < 4.78 is 54.0. The Labute approximate surface area is 180 Å². The lowest BCUT2D eigenvalue weighted by Crippen LogP contribution is -2.43. The van der Waals surface area contributed by atoms with Crippen molar-refractivity contribution in [1.82, 2.24) is 9.62 Å². The number of hydrogen-bond donors (Lipinski definition) is 1. The molecule has 1 heterocycles. The molecule has 0 spiro atoms. The van der Waals surface area contributed by atoms with E-state index in [1.807, 2.05) is 0 Å². The number of halogens is 2. The molecular formula is C22H24F2N2O4S. The SMILES string of the molecule is CC(=O)c1ccc(S(=O)(=O)N2CCC(C(=O)NC(C)c3ccc(F)cc3F)CC2)cc1. The summed E-state index contributed by atoms with van der Waals surface area (Å²) in [6, 6.07) is 8.32. The highest BCUT2D eigenvalue weighted by Crippen LogP contribution is 2.25. The predicted octanol–water partition coefficient (Wildman–Crippen LogP) is 3.45. The normalized spacial score (nSPS) is 16.6. The Morgan fingerprint density at radius 1 is 1.06 bits per heavy atom. The molecule has 0 saturated carbocycles. The van der Waals surface area contributed by atoms with E-state index in [0.29, 0.717) is 18.4 Å². The van der Waals surface area contributed by atoms with Gasteiger partial charge in [0.05, 0.1) is 10.9 Å². The summed E-state index contributed by atoms with van der Waals surface area (Å²) in [7, 11) is -3.72. The molecule has 1 fully saturated rings. The van der Waals surface area contributed by atoms with E-state index in [4.69, 9.17) is 0 Å². The zero-order valence-corrected chi connectivity index (χ0v) is 18.1. The lowest BCUT2D eigenvalue weighted by atomic mass is 9.96. The van der Waals surface area contributed by atoms with Gasteiger partial charge in [-0.25, -0.2) is 17.2 Å². The molecule has 0 bridgehead atoms. The fraction of sp³-hybridized carbons (Fsp3) is 0.364. The Hall–Kier alpha value is -2.65. The number of sulfonamides is 1. The number of piperidine rings is 1. The summed E-state index contributed by atoms with van der Waals surface area (Å²) >= 11 is 0. The molecule has 166 valence electrons. The largest absolute Gasteiger partial charge is 0.349 e. The number of Topliss-reactive ketones (excluding diaryl/α,β-unsaturated/α-hetero) is 1. The van der Waals surface area contributed by atoms with Gasteiger partial charge < -0.3 is 5.32 Å². The average Bonchev–Trinajstić information content (AvgIpc) is 2.73. The Balaban J connectivity index is 1.60. The molecule has 1 N–H and O–H groups in total. The van der Waals surface area contributed by atoms with Crippen molar-refractivity contribution in [2.45, 2.75) is 37.6 Å². The maximum Gasteiger partial charge on any atom is 0.243 e. The van der Waals surface area contributed by atoms with Gasteiger partial charge in [0.25, 0.3) is 0 Å². The first kappa shape index (κ1) is 23.0. The van der Waals surface area contributed by atoms with Gasteiger partial charge in [0, 0.05) is 36.2 Å². The lowest BCUT2D eigenvalue weighted by Gasteiger charge is -2.31. The fourth-order valence-electron chi connectivity index (χ4n) is 3.63. The maximum absolute atomic E-state index is 13.9. The maximum atomic E-state index is 13.9. The smallest absolute Gasteiger partial charge is 0.243 e. The van der Waals surface area contributed by atoms with Gasteiger partial charge >= 0.3 is 0 Å². The molecule has 6 nitrogen and oxygen atoms in total. The monoisotopic (exact) mass is 450 g/mol. The van der Waals surface area contributed by atoms with Crippen molar-refractivity contribution < 1.29 is 26.8 Å². The molecule has 2 aromatic rings. The van der Waals surface area contributed by atoms with Gasteiger partial charge in [-0.15, -0.1) is 0 Å². The highest BCUT2D eigenvalue weighted by Gasteiger charge is 2.32. The zero-order valence-electron chi connectivity index (χ0n) is 17.3. The first-order chi connectivity index (χ1) is 14.6. The Kier molecular flexibility index (Phi) is 6.86. The second-order valence-corrected chi connectivity index (χ2v) is 9.59. The second kappa shape index (κ2) is 9.23. The minimum Gasteiger partial charge on any atom is -0.349 e. The molecule has 0 radical (unpaired) electrons. The van der Waals surface area contributed by atoms with Gasteiger partial charge in [-0.2, -0.15) is 4.31 Å². The van der Waals surface area contributed by atoms with Crippen LogP contribution in [0.4, 0.5) is 8.78 Å². The topological polar surface area (TPSA) is 83.6 Å². The molecular weight excluding hydrogens is 426 g/mol. The zero-order chi connectivity index (χ0) is 22.8. The molecule has 1 unspecified atom stereocenters. The molecule has 0 aliphatic carbocycles. The van der Waals surface area contributed by atoms with E-state index in [1.54, 1.807) is 6.92 Å². The summed E-state index contributed by atoms with van der Waals surface area (Å²) in [6.45, 7) is 3.37. The summed E-state index contributed by atoms with van der Waals surface area (Å²) in [6.07, 6.45) is 0.657. The third-order valence-corrected chi connectivity index (χ3v) is 7.42. The van der Waals surface area contributed by atoms with Crippen LogP contribution in [-0.2, 0) is 14.8 Å². The molecule has 1 aliphatic rings. The quantitative estimate of drug-likeness (QED) is 0.684.